The number of phenolic OH excluding ortho intramolecular Hbond substituents is 1. The summed E-state index contributed by atoms with van der Waals surface area (Å²) in [5.74, 6) is -2.32. The van der Waals surface area contributed by atoms with E-state index in [-0.39, 0.29) is 30.4 Å². The van der Waals surface area contributed by atoms with E-state index in [0.717, 1.165) is 18.2 Å². The number of hydrogen-bond acceptors (Lipinski definition) is 6. The Morgan fingerprint density at radius 1 is 1.13 bits per heavy atom. The molecular weight excluding hydrogens is 469 g/mol. The normalized spacial score (nSPS) is 15.4. The van der Waals surface area contributed by atoms with Gasteiger partial charge in [-0.15, -0.1) is 38.0 Å². The van der Waals surface area contributed by atoms with Crippen molar-refractivity contribution in [3.63, 3.8) is 0 Å². The van der Waals surface area contributed by atoms with E-state index < -0.39 is 40.3 Å². The van der Waals surface area contributed by atoms with Crippen molar-refractivity contribution in [1.29, 1.82) is 0 Å². The molecule has 13 heteroatoms. The number of non-ortho nitro benzene ring substituents is 1. The molecule has 0 aromatic heterocycles. The van der Waals surface area contributed by atoms with E-state index in [1.807, 2.05) is 4.90 Å². The fraction of sp³-hybridized carbons (Fsp3) is 0.333. The number of nitrogens with one attached hydrogen (secondary N) is 1. The molecule has 1 fully saturated rings. The van der Waals surface area contributed by atoms with Crippen molar-refractivity contribution in [1.82, 2.24) is 10.2 Å². The Balaban J connectivity index is 0.00000240. The molecule has 3 rings (SSSR count). The maximum atomic E-state index is 14.2. The smallest absolute Gasteiger partial charge is 0.505 e. The first kappa shape index (κ1) is 26.7. The van der Waals surface area contributed by atoms with Crippen LogP contribution in [-0.4, -0.2) is 47.5 Å². The summed E-state index contributed by atoms with van der Waals surface area (Å²) >= 11 is 0. The molecular formula is C18H19Cl2F4N3O4. The predicted molar refractivity (Wildman–Crippen MR) is 109 cm³/mol. The zero-order valence-electron chi connectivity index (χ0n) is 15.8. The number of nitro benzene ring substituents is 1. The number of alkyl halides is 3. The first-order chi connectivity index (χ1) is 13.7. The van der Waals surface area contributed by atoms with E-state index in [1.165, 1.54) is 12.1 Å². The van der Waals surface area contributed by atoms with Crippen LogP contribution in [0.5, 0.6) is 11.5 Å². The average molecular weight is 488 g/mol. The largest absolute Gasteiger partial charge is 0.573 e. The Labute approximate surface area is 187 Å². The van der Waals surface area contributed by atoms with E-state index >= 15 is 0 Å². The second kappa shape index (κ2) is 10.8. The summed E-state index contributed by atoms with van der Waals surface area (Å²) in [6, 6.07) is 5.80. The molecule has 0 bridgehead atoms. The summed E-state index contributed by atoms with van der Waals surface area (Å²) in [6.45, 7) is 2.14. The molecule has 0 spiro atoms. The number of piperazine rings is 1. The number of phenols is 1. The summed E-state index contributed by atoms with van der Waals surface area (Å²) in [5, 5.41) is 24.5. The Morgan fingerprint density at radius 2 is 1.71 bits per heavy atom. The molecule has 2 N–H and O–H groups in total. The van der Waals surface area contributed by atoms with Crippen molar-refractivity contribution in [2.75, 3.05) is 26.2 Å². The van der Waals surface area contributed by atoms with E-state index in [1.54, 1.807) is 0 Å². The van der Waals surface area contributed by atoms with E-state index in [2.05, 4.69) is 10.1 Å². The number of nitro groups is 1. The zero-order chi connectivity index (χ0) is 21.2. The van der Waals surface area contributed by atoms with Gasteiger partial charge in [0.05, 0.1) is 17.0 Å². The second-order valence-corrected chi connectivity index (χ2v) is 6.43. The summed E-state index contributed by atoms with van der Waals surface area (Å²) in [5.41, 5.74) is -0.146. The highest BCUT2D eigenvalue weighted by molar-refractivity contribution is 5.85. The van der Waals surface area contributed by atoms with E-state index in [0.29, 0.717) is 37.8 Å². The third-order valence-electron chi connectivity index (χ3n) is 4.53. The second-order valence-electron chi connectivity index (χ2n) is 6.43. The van der Waals surface area contributed by atoms with Gasteiger partial charge in [0.25, 0.3) is 5.69 Å². The Hall–Kier alpha value is -2.34. The van der Waals surface area contributed by atoms with E-state index in [9.17, 15) is 32.8 Å². The summed E-state index contributed by atoms with van der Waals surface area (Å²) < 4.78 is 55.2. The molecule has 7 nitrogen and oxygen atoms in total. The number of rotatable bonds is 5. The number of ether oxygens (including phenoxy) is 1. The molecule has 1 aliphatic rings. The molecule has 172 valence electrons. The molecule has 0 aliphatic carbocycles. The van der Waals surface area contributed by atoms with Crippen LogP contribution >= 0.6 is 24.8 Å². The molecule has 31 heavy (non-hydrogen) atoms. The number of benzene rings is 2. The predicted octanol–water partition coefficient (Wildman–Crippen LogP) is 4.18. The number of halogens is 6. The fourth-order valence-electron chi connectivity index (χ4n) is 3.30. The Morgan fingerprint density at radius 3 is 2.23 bits per heavy atom. The van der Waals surface area contributed by atoms with Crippen LogP contribution in [0.15, 0.2) is 36.4 Å². The van der Waals surface area contributed by atoms with Crippen LogP contribution in [0.25, 0.3) is 0 Å². The average Bonchev–Trinajstić information content (AvgIpc) is 2.66. The Kier molecular flexibility index (Phi) is 9.30. The van der Waals surface area contributed by atoms with Gasteiger partial charge < -0.3 is 15.2 Å². The van der Waals surface area contributed by atoms with Crippen LogP contribution in [0.1, 0.15) is 17.2 Å². The maximum absolute atomic E-state index is 14.2. The van der Waals surface area contributed by atoms with Crippen molar-refractivity contribution in [3.05, 3.63) is 63.5 Å². The van der Waals surface area contributed by atoms with Crippen molar-refractivity contribution in [2.45, 2.75) is 12.4 Å². The fourth-order valence-corrected chi connectivity index (χ4v) is 3.30. The molecule has 0 saturated carbocycles. The lowest BCUT2D eigenvalue weighted by Gasteiger charge is -2.35. The van der Waals surface area contributed by atoms with Gasteiger partial charge in [-0.05, 0) is 17.7 Å². The Bertz CT molecular complexity index is 895. The monoisotopic (exact) mass is 487 g/mol. The van der Waals surface area contributed by atoms with Gasteiger partial charge in [-0.1, -0.05) is 12.1 Å². The summed E-state index contributed by atoms with van der Waals surface area (Å²) in [7, 11) is 0. The van der Waals surface area contributed by atoms with Crippen LogP contribution in [0.3, 0.4) is 0 Å². The van der Waals surface area contributed by atoms with Crippen molar-refractivity contribution in [2.24, 2.45) is 0 Å². The van der Waals surface area contributed by atoms with Gasteiger partial charge in [-0.25, -0.2) is 4.39 Å². The van der Waals surface area contributed by atoms with Crippen molar-refractivity contribution >= 4 is 30.5 Å². The topological polar surface area (TPSA) is 87.9 Å². The number of aromatic hydroxyl groups is 1. The SMILES string of the molecule is Cl.Cl.O=[N+]([O-])c1cc(F)c(O)c([C@H](c2ccc(OC(F)(F)F)cc2)N2CCNCC2)c1. The minimum absolute atomic E-state index is 0. The molecule has 1 atom stereocenters. The van der Waals surface area contributed by atoms with Crippen LogP contribution in [-0.2, 0) is 0 Å². The van der Waals surface area contributed by atoms with Crippen LogP contribution in [0.4, 0.5) is 23.2 Å². The number of nitrogens with zero attached hydrogens (tertiary/aromatic N) is 2. The van der Waals surface area contributed by atoms with Crippen molar-refractivity contribution in [3.8, 4) is 11.5 Å². The molecule has 1 saturated heterocycles. The van der Waals surface area contributed by atoms with Gasteiger partial charge >= 0.3 is 6.36 Å². The van der Waals surface area contributed by atoms with Crippen LogP contribution < -0.4 is 10.1 Å². The van der Waals surface area contributed by atoms with Gasteiger partial charge in [0.2, 0.25) is 0 Å². The minimum atomic E-state index is -4.85. The lowest BCUT2D eigenvalue weighted by atomic mass is 9.94. The van der Waals surface area contributed by atoms with Crippen molar-refractivity contribution < 1.29 is 32.3 Å². The molecule has 2 aromatic rings. The third-order valence-corrected chi connectivity index (χ3v) is 4.53. The first-order valence-electron chi connectivity index (χ1n) is 8.63. The molecule has 1 heterocycles. The van der Waals surface area contributed by atoms with Crippen LogP contribution in [0.2, 0.25) is 0 Å². The summed E-state index contributed by atoms with van der Waals surface area (Å²) in [4.78, 5) is 12.2. The third kappa shape index (κ3) is 6.57. The van der Waals surface area contributed by atoms with Gasteiger partial charge in [0.15, 0.2) is 11.6 Å². The quantitative estimate of drug-likeness (QED) is 0.373. The lowest BCUT2D eigenvalue weighted by Crippen LogP contribution is -2.45. The lowest BCUT2D eigenvalue weighted by molar-refractivity contribution is -0.385. The molecule has 0 unspecified atom stereocenters. The molecule has 0 radical (unpaired) electrons. The summed E-state index contributed by atoms with van der Waals surface area (Å²) in [6.07, 6.45) is -4.85. The maximum Gasteiger partial charge on any atom is 0.573 e. The highest BCUT2D eigenvalue weighted by Gasteiger charge is 2.32. The highest BCUT2D eigenvalue weighted by atomic mass is 35.5. The van der Waals surface area contributed by atoms with Gasteiger partial charge in [0, 0.05) is 37.8 Å². The zero-order valence-corrected chi connectivity index (χ0v) is 17.4. The first-order valence-corrected chi connectivity index (χ1v) is 8.63. The van der Waals surface area contributed by atoms with Gasteiger partial charge in [-0.3, -0.25) is 15.0 Å². The minimum Gasteiger partial charge on any atom is -0.505 e. The number of hydrogen-bond donors (Lipinski definition) is 2. The van der Waals surface area contributed by atoms with Gasteiger partial charge in [0.1, 0.15) is 5.75 Å². The molecule has 2 aromatic carbocycles. The standard InChI is InChI=1S/C18H17F4N3O4.2ClH/c19-15-10-12(25(27)28)9-14(17(15)26)16(24-7-5-23-6-8-24)11-1-3-13(4-2-11)29-18(20,21)22;;/h1-4,9-10,16,23,26H,5-8H2;2*1H/t16-;;/m0../s1. The highest BCUT2D eigenvalue weighted by Crippen LogP contribution is 2.39. The van der Waals surface area contributed by atoms with E-state index in [4.69, 9.17) is 0 Å². The molecule has 1 aliphatic heterocycles. The molecule has 0 amide bonds. The van der Waals surface area contributed by atoms with Gasteiger partial charge in [-0.2, -0.15) is 0 Å². The van der Waals surface area contributed by atoms with Crippen LogP contribution in [0, 0.1) is 15.9 Å².